The zero-order chi connectivity index (χ0) is 14.1. The minimum atomic E-state index is 0.618. The number of hydrazine groups is 1. The van der Waals surface area contributed by atoms with E-state index in [-0.39, 0.29) is 0 Å². The lowest BCUT2D eigenvalue weighted by Crippen LogP contribution is -2.48. The fourth-order valence-corrected chi connectivity index (χ4v) is 2.59. The van der Waals surface area contributed by atoms with Crippen molar-refractivity contribution < 1.29 is 4.74 Å². The monoisotopic (exact) mass is 271 g/mol. The van der Waals surface area contributed by atoms with E-state index in [9.17, 15) is 0 Å². The average molecular weight is 271 g/mol. The van der Waals surface area contributed by atoms with Gasteiger partial charge in [-0.1, -0.05) is 6.92 Å². The molecule has 19 heavy (non-hydrogen) atoms. The highest BCUT2D eigenvalue weighted by atomic mass is 16.5. The third-order valence-electron chi connectivity index (χ3n) is 3.65. The number of likely N-dealkylation sites (tertiary alicyclic amines) is 1. The smallest absolute Gasteiger partial charge is 0.208 e. The molecule has 1 aliphatic rings. The van der Waals surface area contributed by atoms with Crippen molar-refractivity contribution in [1.82, 2.24) is 15.2 Å². The number of guanidine groups is 1. The van der Waals surface area contributed by atoms with E-state index in [1.807, 2.05) is 7.05 Å². The van der Waals surface area contributed by atoms with Gasteiger partial charge in [0.2, 0.25) is 5.96 Å². The first kappa shape index (κ1) is 16.2. The SMILES string of the molecule is CCN1CCCC1CN(C)C(=NCCCOC)NN. The Balaban J connectivity index is 2.42. The van der Waals surface area contributed by atoms with Crippen molar-refractivity contribution in [3.05, 3.63) is 0 Å². The van der Waals surface area contributed by atoms with Crippen molar-refractivity contribution in [2.45, 2.75) is 32.2 Å². The molecule has 1 unspecified atom stereocenters. The first-order chi connectivity index (χ1) is 9.22. The molecular weight excluding hydrogens is 242 g/mol. The molecule has 1 heterocycles. The van der Waals surface area contributed by atoms with E-state index in [4.69, 9.17) is 10.6 Å². The second kappa shape index (κ2) is 9.12. The molecule has 1 rings (SSSR count). The van der Waals surface area contributed by atoms with Crippen LogP contribution in [-0.4, -0.2) is 68.7 Å². The van der Waals surface area contributed by atoms with Gasteiger partial charge in [-0.25, -0.2) is 5.84 Å². The molecule has 0 radical (unpaired) electrons. The molecule has 0 saturated carbocycles. The van der Waals surface area contributed by atoms with Gasteiger partial charge in [-0.05, 0) is 32.4 Å². The van der Waals surface area contributed by atoms with Crippen LogP contribution in [0.2, 0.25) is 0 Å². The van der Waals surface area contributed by atoms with Crippen LogP contribution >= 0.6 is 0 Å². The second-order valence-corrected chi connectivity index (χ2v) is 5.00. The van der Waals surface area contributed by atoms with Gasteiger partial charge in [0, 0.05) is 39.9 Å². The van der Waals surface area contributed by atoms with Crippen LogP contribution < -0.4 is 11.3 Å². The van der Waals surface area contributed by atoms with Crippen LogP contribution in [0.15, 0.2) is 4.99 Å². The molecule has 6 heteroatoms. The highest BCUT2D eigenvalue weighted by Crippen LogP contribution is 2.17. The maximum absolute atomic E-state index is 5.56. The zero-order valence-corrected chi connectivity index (χ0v) is 12.6. The molecule has 0 aromatic heterocycles. The molecule has 1 saturated heterocycles. The molecule has 1 aliphatic heterocycles. The summed E-state index contributed by atoms with van der Waals surface area (Å²) in [5.41, 5.74) is 2.70. The second-order valence-electron chi connectivity index (χ2n) is 5.00. The van der Waals surface area contributed by atoms with Crippen LogP contribution in [0.4, 0.5) is 0 Å². The number of methoxy groups -OCH3 is 1. The first-order valence-corrected chi connectivity index (χ1v) is 7.18. The summed E-state index contributed by atoms with van der Waals surface area (Å²) in [6.45, 7) is 7.00. The van der Waals surface area contributed by atoms with E-state index in [0.29, 0.717) is 6.04 Å². The number of hydrogen-bond donors (Lipinski definition) is 2. The third-order valence-corrected chi connectivity index (χ3v) is 3.65. The standard InChI is InChI=1S/C13H29N5O/c1-4-18-9-5-7-12(18)11-17(2)13(16-14)15-8-6-10-19-3/h12H,4-11,14H2,1-3H3,(H,15,16). The summed E-state index contributed by atoms with van der Waals surface area (Å²) in [6.07, 6.45) is 3.47. The number of likely N-dealkylation sites (N-methyl/N-ethyl adjacent to an activating group) is 2. The summed E-state index contributed by atoms with van der Waals surface area (Å²) in [4.78, 5) is 9.12. The number of nitrogens with one attached hydrogen (secondary N) is 1. The molecule has 1 fully saturated rings. The van der Waals surface area contributed by atoms with Crippen LogP contribution in [0.3, 0.4) is 0 Å². The fourth-order valence-electron chi connectivity index (χ4n) is 2.59. The van der Waals surface area contributed by atoms with Gasteiger partial charge in [-0.15, -0.1) is 0 Å². The predicted molar refractivity (Wildman–Crippen MR) is 79.0 cm³/mol. The summed E-state index contributed by atoms with van der Waals surface area (Å²) < 4.78 is 5.01. The van der Waals surface area contributed by atoms with Gasteiger partial charge in [0.25, 0.3) is 0 Å². The fraction of sp³-hybridized carbons (Fsp3) is 0.923. The largest absolute Gasteiger partial charge is 0.385 e. The van der Waals surface area contributed by atoms with E-state index < -0.39 is 0 Å². The van der Waals surface area contributed by atoms with Crippen LogP contribution in [0.5, 0.6) is 0 Å². The van der Waals surface area contributed by atoms with Gasteiger partial charge in [-0.3, -0.25) is 15.3 Å². The van der Waals surface area contributed by atoms with Crippen molar-refractivity contribution in [1.29, 1.82) is 0 Å². The van der Waals surface area contributed by atoms with Gasteiger partial charge in [0.1, 0.15) is 0 Å². The normalized spacial score (nSPS) is 20.8. The molecule has 0 aromatic rings. The van der Waals surface area contributed by atoms with E-state index in [2.05, 4.69) is 27.1 Å². The molecule has 0 aliphatic carbocycles. The summed E-state index contributed by atoms with van der Waals surface area (Å²) in [5, 5.41) is 0. The molecule has 0 spiro atoms. The Hall–Kier alpha value is -0.850. The van der Waals surface area contributed by atoms with Crippen molar-refractivity contribution in [3.8, 4) is 0 Å². The quantitative estimate of drug-likeness (QED) is 0.229. The van der Waals surface area contributed by atoms with Gasteiger partial charge in [0.05, 0.1) is 0 Å². The first-order valence-electron chi connectivity index (χ1n) is 7.18. The van der Waals surface area contributed by atoms with Gasteiger partial charge in [-0.2, -0.15) is 0 Å². The Kier molecular flexibility index (Phi) is 7.78. The Morgan fingerprint density at radius 1 is 1.58 bits per heavy atom. The van der Waals surface area contributed by atoms with Crippen LogP contribution in [0.25, 0.3) is 0 Å². The van der Waals surface area contributed by atoms with Crippen LogP contribution in [-0.2, 0) is 4.74 Å². The lowest BCUT2D eigenvalue weighted by molar-refractivity contribution is 0.196. The van der Waals surface area contributed by atoms with Gasteiger partial charge in [0.15, 0.2) is 0 Å². The molecule has 3 N–H and O–H groups in total. The number of ether oxygens (including phenoxy) is 1. The Morgan fingerprint density at radius 3 is 3.00 bits per heavy atom. The summed E-state index contributed by atoms with van der Waals surface area (Å²) in [5.74, 6) is 6.33. The zero-order valence-electron chi connectivity index (χ0n) is 12.6. The number of nitrogens with zero attached hydrogens (tertiary/aromatic N) is 3. The number of nitrogens with two attached hydrogens (primary N) is 1. The molecule has 1 atom stereocenters. The number of aliphatic imine (C=N–C) groups is 1. The maximum Gasteiger partial charge on any atom is 0.208 e. The molecular formula is C13H29N5O. The van der Waals surface area contributed by atoms with Crippen molar-refractivity contribution >= 4 is 5.96 Å². The lowest BCUT2D eigenvalue weighted by Gasteiger charge is -2.29. The maximum atomic E-state index is 5.56. The Morgan fingerprint density at radius 2 is 2.37 bits per heavy atom. The molecule has 0 amide bonds. The average Bonchev–Trinajstić information content (AvgIpc) is 2.86. The van der Waals surface area contributed by atoms with Gasteiger partial charge >= 0.3 is 0 Å². The van der Waals surface area contributed by atoms with E-state index in [1.165, 1.54) is 19.4 Å². The third kappa shape index (κ3) is 5.34. The summed E-state index contributed by atoms with van der Waals surface area (Å²) in [6, 6.07) is 0.618. The topological polar surface area (TPSA) is 66.1 Å². The van der Waals surface area contributed by atoms with E-state index in [1.54, 1.807) is 7.11 Å². The minimum Gasteiger partial charge on any atom is -0.385 e. The Labute approximate surface area is 117 Å². The predicted octanol–water partition coefficient (Wildman–Crippen LogP) is 0.258. The number of hydrogen-bond acceptors (Lipinski definition) is 4. The summed E-state index contributed by atoms with van der Waals surface area (Å²) >= 11 is 0. The van der Waals surface area contributed by atoms with Crippen molar-refractivity contribution in [3.63, 3.8) is 0 Å². The highest BCUT2D eigenvalue weighted by molar-refractivity contribution is 5.79. The Bertz CT molecular complexity index is 272. The summed E-state index contributed by atoms with van der Waals surface area (Å²) in [7, 11) is 3.75. The van der Waals surface area contributed by atoms with Crippen molar-refractivity contribution in [2.75, 3.05) is 46.9 Å². The van der Waals surface area contributed by atoms with E-state index in [0.717, 1.165) is 38.6 Å². The molecule has 0 aromatic carbocycles. The minimum absolute atomic E-state index is 0.618. The molecule has 0 bridgehead atoms. The molecule has 112 valence electrons. The van der Waals surface area contributed by atoms with Gasteiger partial charge < -0.3 is 9.64 Å². The number of rotatable bonds is 7. The van der Waals surface area contributed by atoms with Crippen molar-refractivity contribution in [2.24, 2.45) is 10.8 Å². The lowest BCUT2D eigenvalue weighted by atomic mass is 10.2. The van der Waals surface area contributed by atoms with Crippen LogP contribution in [0, 0.1) is 0 Å². The van der Waals surface area contributed by atoms with Crippen LogP contribution in [0.1, 0.15) is 26.2 Å². The molecule has 6 nitrogen and oxygen atoms in total. The van der Waals surface area contributed by atoms with E-state index >= 15 is 0 Å². The highest BCUT2D eigenvalue weighted by Gasteiger charge is 2.24.